The van der Waals surface area contributed by atoms with E-state index in [1.54, 1.807) is 11.8 Å². The summed E-state index contributed by atoms with van der Waals surface area (Å²) in [5.74, 6) is 0.111. The molecule has 1 unspecified atom stereocenters. The Morgan fingerprint density at radius 1 is 1.44 bits per heavy atom. The van der Waals surface area contributed by atoms with Gasteiger partial charge < -0.3 is 16.0 Å². The lowest BCUT2D eigenvalue weighted by atomic mass is 10.2. The normalized spacial score (nSPS) is 13.8. The third-order valence-electron chi connectivity index (χ3n) is 2.13. The Kier molecular flexibility index (Phi) is 5.14. The molecule has 1 aromatic carbocycles. The van der Waals surface area contributed by atoms with E-state index < -0.39 is 0 Å². The summed E-state index contributed by atoms with van der Waals surface area (Å²) in [6.07, 6.45) is 0.770. The summed E-state index contributed by atoms with van der Waals surface area (Å²) in [6, 6.07) is 7.46. The maximum absolute atomic E-state index is 8.79. The summed E-state index contributed by atoms with van der Waals surface area (Å²) >= 11 is 1.69. The van der Waals surface area contributed by atoms with Crippen LogP contribution in [0.15, 0.2) is 34.3 Å². The number of amidine groups is 1. The van der Waals surface area contributed by atoms with Gasteiger partial charge in [0.15, 0.2) is 5.84 Å². The van der Waals surface area contributed by atoms with Crippen molar-refractivity contribution in [1.29, 1.82) is 0 Å². The average molecular weight is 240 g/mol. The van der Waals surface area contributed by atoms with E-state index in [1.807, 2.05) is 24.3 Å². The van der Waals surface area contributed by atoms with Gasteiger partial charge in [0, 0.05) is 22.3 Å². The van der Waals surface area contributed by atoms with Crippen LogP contribution < -0.4 is 5.73 Å². The molecule has 0 fully saturated rings. The lowest BCUT2D eigenvalue weighted by Crippen LogP contribution is -2.12. The van der Waals surface area contributed by atoms with E-state index in [0.717, 1.165) is 11.3 Å². The first-order valence-electron chi connectivity index (χ1n) is 5.03. The number of nitrogens with zero attached hydrogens (tertiary/aromatic N) is 1. The van der Waals surface area contributed by atoms with E-state index in [4.69, 9.17) is 16.0 Å². The van der Waals surface area contributed by atoms with Crippen LogP contribution in [0.5, 0.6) is 0 Å². The van der Waals surface area contributed by atoms with Crippen molar-refractivity contribution in [1.82, 2.24) is 0 Å². The van der Waals surface area contributed by atoms with Crippen LogP contribution in [-0.2, 0) is 0 Å². The molecule has 0 amide bonds. The molecule has 0 heterocycles. The molecule has 1 aromatic rings. The Bertz CT molecular complexity index is 352. The van der Waals surface area contributed by atoms with E-state index >= 15 is 0 Å². The minimum atomic E-state index is 0.111. The van der Waals surface area contributed by atoms with Gasteiger partial charge in [0.05, 0.1) is 0 Å². The van der Waals surface area contributed by atoms with E-state index in [-0.39, 0.29) is 12.4 Å². The standard InChI is InChI=1S/C11H16N2O2S/c1-8(6-7-14)16-10-4-2-9(3-5-10)11(12)13-15/h2-5,8,14-15H,6-7H2,1H3,(H2,12,13). The van der Waals surface area contributed by atoms with Crippen molar-refractivity contribution in [3.63, 3.8) is 0 Å². The first kappa shape index (κ1) is 12.9. The Morgan fingerprint density at radius 2 is 2.06 bits per heavy atom. The van der Waals surface area contributed by atoms with E-state index in [1.165, 1.54) is 0 Å². The summed E-state index contributed by atoms with van der Waals surface area (Å²) in [4.78, 5) is 1.11. The molecular formula is C11H16N2O2S. The number of thioether (sulfide) groups is 1. The van der Waals surface area contributed by atoms with Crippen LogP contribution in [0.25, 0.3) is 0 Å². The smallest absolute Gasteiger partial charge is 0.170 e. The quantitative estimate of drug-likeness (QED) is 0.240. The third-order valence-corrected chi connectivity index (χ3v) is 3.31. The second-order valence-electron chi connectivity index (χ2n) is 3.45. The molecule has 1 rings (SSSR count). The van der Waals surface area contributed by atoms with Crippen LogP contribution in [0, 0.1) is 0 Å². The molecule has 4 nitrogen and oxygen atoms in total. The summed E-state index contributed by atoms with van der Waals surface area (Å²) in [6.45, 7) is 2.27. The van der Waals surface area contributed by atoms with Gasteiger partial charge in [0.2, 0.25) is 0 Å². The SMILES string of the molecule is CC(CCO)Sc1ccc(C(N)=NO)cc1. The predicted octanol–water partition coefficient (Wildman–Crippen LogP) is 1.64. The van der Waals surface area contributed by atoms with Crippen LogP contribution in [0.4, 0.5) is 0 Å². The Hall–Kier alpha value is -1.20. The highest BCUT2D eigenvalue weighted by Gasteiger charge is 2.04. The molecule has 0 aliphatic heterocycles. The molecule has 0 aromatic heterocycles. The number of aliphatic hydroxyl groups excluding tert-OH is 1. The van der Waals surface area contributed by atoms with Gasteiger partial charge in [-0.1, -0.05) is 24.2 Å². The zero-order valence-corrected chi connectivity index (χ0v) is 9.94. The van der Waals surface area contributed by atoms with Crippen molar-refractivity contribution in [2.24, 2.45) is 10.9 Å². The fourth-order valence-electron chi connectivity index (χ4n) is 1.24. The third kappa shape index (κ3) is 3.75. The minimum absolute atomic E-state index is 0.111. The molecule has 0 aliphatic carbocycles. The maximum Gasteiger partial charge on any atom is 0.170 e. The van der Waals surface area contributed by atoms with Gasteiger partial charge in [0.25, 0.3) is 0 Å². The van der Waals surface area contributed by atoms with Crippen molar-refractivity contribution < 1.29 is 10.3 Å². The monoisotopic (exact) mass is 240 g/mol. The lowest BCUT2D eigenvalue weighted by Gasteiger charge is -2.09. The summed E-state index contributed by atoms with van der Waals surface area (Å²) in [5.41, 5.74) is 6.15. The Morgan fingerprint density at radius 3 is 2.56 bits per heavy atom. The van der Waals surface area contributed by atoms with Crippen LogP contribution in [0.1, 0.15) is 18.9 Å². The zero-order valence-electron chi connectivity index (χ0n) is 9.13. The number of hydrogen-bond acceptors (Lipinski definition) is 4. The van der Waals surface area contributed by atoms with E-state index in [9.17, 15) is 0 Å². The molecule has 0 spiro atoms. The van der Waals surface area contributed by atoms with Gasteiger partial charge in [-0.25, -0.2) is 0 Å². The summed E-state index contributed by atoms with van der Waals surface area (Å²) < 4.78 is 0. The largest absolute Gasteiger partial charge is 0.409 e. The van der Waals surface area contributed by atoms with Crippen LogP contribution in [0.2, 0.25) is 0 Å². The first-order valence-corrected chi connectivity index (χ1v) is 5.90. The van der Waals surface area contributed by atoms with Gasteiger partial charge in [0.1, 0.15) is 0 Å². The fourth-order valence-corrected chi connectivity index (χ4v) is 2.22. The molecule has 0 bridgehead atoms. The molecule has 16 heavy (non-hydrogen) atoms. The number of hydrogen-bond donors (Lipinski definition) is 3. The highest BCUT2D eigenvalue weighted by molar-refractivity contribution is 7.99. The molecule has 0 saturated heterocycles. The number of oxime groups is 1. The predicted molar refractivity (Wildman–Crippen MR) is 66.0 cm³/mol. The Labute approximate surface area is 99.2 Å². The Balaban J connectivity index is 2.64. The molecule has 5 heteroatoms. The summed E-state index contributed by atoms with van der Waals surface area (Å²) in [7, 11) is 0. The number of nitrogens with two attached hydrogens (primary N) is 1. The topological polar surface area (TPSA) is 78.8 Å². The fraction of sp³-hybridized carbons (Fsp3) is 0.364. The van der Waals surface area contributed by atoms with Crippen molar-refractivity contribution in [3.05, 3.63) is 29.8 Å². The van der Waals surface area contributed by atoms with Gasteiger partial charge in [-0.15, -0.1) is 11.8 Å². The number of aliphatic hydroxyl groups is 1. The van der Waals surface area contributed by atoms with Gasteiger partial charge in [-0.3, -0.25) is 0 Å². The lowest BCUT2D eigenvalue weighted by molar-refractivity contribution is 0.289. The zero-order chi connectivity index (χ0) is 12.0. The van der Waals surface area contributed by atoms with Crippen molar-refractivity contribution in [3.8, 4) is 0 Å². The first-order chi connectivity index (χ1) is 7.67. The second-order valence-corrected chi connectivity index (χ2v) is 4.96. The molecule has 1 atom stereocenters. The maximum atomic E-state index is 8.79. The molecule has 4 N–H and O–H groups in total. The molecular weight excluding hydrogens is 224 g/mol. The molecule has 0 radical (unpaired) electrons. The van der Waals surface area contributed by atoms with Crippen LogP contribution in [-0.4, -0.2) is 28.0 Å². The van der Waals surface area contributed by atoms with Crippen molar-refractivity contribution in [2.45, 2.75) is 23.5 Å². The highest BCUT2D eigenvalue weighted by Crippen LogP contribution is 2.25. The van der Waals surface area contributed by atoms with Crippen LogP contribution >= 0.6 is 11.8 Å². The summed E-state index contributed by atoms with van der Waals surface area (Å²) in [5, 5.41) is 20.6. The molecule has 88 valence electrons. The molecule has 0 aliphatic rings. The van der Waals surface area contributed by atoms with Crippen molar-refractivity contribution in [2.75, 3.05) is 6.61 Å². The highest BCUT2D eigenvalue weighted by atomic mass is 32.2. The van der Waals surface area contributed by atoms with Gasteiger partial charge in [-0.05, 0) is 18.6 Å². The van der Waals surface area contributed by atoms with Crippen molar-refractivity contribution >= 4 is 17.6 Å². The number of benzene rings is 1. The van der Waals surface area contributed by atoms with E-state index in [2.05, 4.69) is 12.1 Å². The van der Waals surface area contributed by atoms with Crippen LogP contribution in [0.3, 0.4) is 0 Å². The second kappa shape index (κ2) is 6.40. The van der Waals surface area contributed by atoms with Gasteiger partial charge >= 0.3 is 0 Å². The number of rotatable bonds is 5. The minimum Gasteiger partial charge on any atom is -0.409 e. The van der Waals surface area contributed by atoms with Gasteiger partial charge in [-0.2, -0.15) is 0 Å². The average Bonchev–Trinajstić information content (AvgIpc) is 2.29. The molecule has 0 saturated carbocycles. The van der Waals surface area contributed by atoms with E-state index in [0.29, 0.717) is 10.8 Å².